The van der Waals surface area contributed by atoms with Gasteiger partial charge in [-0.25, -0.2) is 9.78 Å². The average Bonchev–Trinajstić information content (AvgIpc) is 3.10. The van der Waals surface area contributed by atoms with E-state index in [9.17, 15) is 9.59 Å². The largest absolute Gasteiger partial charge is 0.497 e. The van der Waals surface area contributed by atoms with Gasteiger partial charge in [-0.3, -0.25) is 4.79 Å². The smallest absolute Gasteiger partial charge is 0.359 e. The van der Waals surface area contributed by atoms with Crippen LogP contribution in [0.15, 0.2) is 48.7 Å². The zero-order valence-corrected chi connectivity index (χ0v) is 14.6. The lowest BCUT2D eigenvalue weighted by Gasteiger charge is -2.07. The Morgan fingerprint density at radius 3 is 2.77 bits per heavy atom. The molecule has 0 saturated carbocycles. The maximum Gasteiger partial charge on any atom is 0.359 e. The summed E-state index contributed by atoms with van der Waals surface area (Å²) in [7, 11) is 1.58. The number of ether oxygens (including phenoxy) is 2. The number of amides is 1. The highest BCUT2D eigenvalue weighted by Crippen LogP contribution is 2.12. The first kappa shape index (κ1) is 17.5. The number of pyridine rings is 1. The zero-order chi connectivity index (χ0) is 18.5. The molecule has 3 rings (SSSR count). The summed E-state index contributed by atoms with van der Waals surface area (Å²) in [6, 6.07) is 12.9. The summed E-state index contributed by atoms with van der Waals surface area (Å²) in [5, 5.41) is 2.70. The van der Waals surface area contributed by atoms with E-state index >= 15 is 0 Å². The number of aryl methyl sites for hydroxylation is 1. The van der Waals surface area contributed by atoms with E-state index in [0.717, 1.165) is 11.3 Å². The van der Waals surface area contributed by atoms with E-state index in [4.69, 9.17) is 9.47 Å². The molecule has 7 nitrogen and oxygen atoms in total. The SMILES string of the molecule is COc1cccc(CNC(=O)COC(=O)c2cn3c(C)cccc3n2)c1. The number of methoxy groups -OCH3 is 1. The molecule has 1 N–H and O–H groups in total. The lowest BCUT2D eigenvalue weighted by atomic mass is 10.2. The van der Waals surface area contributed by atoms with Gasteiger partial charge in [-0.2, -0.15) is 0 Å². The lowest BCUT2D eigenvalue weighted by Crippen LogP contribution is -2.28. The van der Waals surface area contributed by atoms with Crippen molar-refractivity contribution in [2.24, 2.45) is 0 Å². The summed E-state index contributed by atoms with van der Waals surface area (Å²) in [5.74, 6) is -0.309. The van der Waals surface area contributed by atoms with Crippen LogP contribution in [0.1, 0.15) is 21.7 Å². The maximum absolute atomic E-state index is 12.1. The van der Waals surface area contributed by atoms with Crippen LogP contribution in [0.3, 0.4) is 0 Å². The van der Waals surface area contributed by atoms with Crippen LogP contribution >= 0.6 is 0 Å². The predicted molar refractivity (Wildman–Crippen MR) is 95.1 cm³/mol. The molecule has 3 aromatic rings. The number of benzene rings is 1. The van der Waals surface area contributed by atoms with E-state index in [-0.39, 0.29) is 18.2 Å². The number of carbonyl (C=O) groups is 2. The molecule has 0 aliphatic heterocycles. The van der Waals surface area contributed by atoms with E-state index in [2.05, 4.69) is 10.3 Å². The monoisotopic (exact) mass is 353 g/mol. The summed E-state index contributed by atoms with van der Waals surface area (Å²) in [5.41, 5.74) is 2.66. The van der Waals surface area contributed by atoms with E-state index < -0.39 is 5.97 Å². The van der Waals surface area contributed by atoms with Gasteiger partial charge < -0.3 is 19.2 Å². The average molecular weight is 353 g/mol. The van der Waals surface area contributed by atoms with Gasteiger partial charge in [0.15, 0.2) is 12.3 Å². The third-order valence-electron chi connectivity index (χ3n) is 3.86. The second-order valence-electron chi connectivity index (χ2n) is 5.73. The lowest BCUT2D eigenvalue weighted by molar-refractivity contribution is -0.124. The number of fused-ring (bicyclic) bond motifs is 1. The number of hydrogen-bond acceptors (Lipinski definition) is 5. The van der Waals surface area contributed by atoms with E-state index in [1.165, 1.54) is 0 Å². The van der Waals surface area contributed by atoms with Crippen LogP contribution in [0, 0.1) is 6.92 Å². The Kier molecular flexibility index (Phi) is 5.17. The molecule has 0 unspecified atom stereocenters. The summed E-state index contributed by atoms with van der Waals surface area (Å²) >= 11 is 0. The Balaban J connectivity index is 1.53. The van der Waals surface area contributed by atoms with E-state index in [0.29, 0.717) is 17.9 Å². The molecule has 134 valence electrons. The molecule has 0 aliphatic carbocycles. The predicted octanol–water partition coefficient (Wildman–Crippen LogP) is 2.12. The molecule has 2 aromatic heterocycles. The standard InChI is InChI=1S/C19H19N3O4/c1-13-5-3-8-17-21-16(11-22(13)17)19(24)26-12-18(23)20-10-14-6-4-7-15(9-14)25-2/h3-9,11H,10,12H2,1-2H3,(H,20,23). The second kappa shape index (κ2) is 7.69. The van der Waals surface area contributed by atoms with Gasteiger partial charge in [0, 0.05) is 18.4 Å². The molecule has 1 aromatic carbocycles. The summed E-state index contributed by atoms with van der Waals surface area (Å²) in [4.78, 5) is 28.2. The Morgan fingerprint density at radius 2 is 2.00 bits per heavy atom. The first-order chi connectivity index (χ1) is 12.6. The molecule has 26 heavy (non-hydrogen) atoms. The van der Waals surface area contributed by atoms with E-state index in [1.54, 1.807) is 23.8 Å². The minimum atomic E-state index is -0.635. The molecule has 0 atom stereocenters. The number of nitrogens with one attached hydrogen (secondary N) is 1. The minimum Gasteiger partial charge on any atom is -0.497 e. The van der Waals surface area contributed by atoms with Crippen molar-refractivity contribution >= 4 is 17.5 Å². The van der Waals surface area contributed by atoms with Crippen LogP contribution in [-0.4, -0.2) is 35.0 Å². The topological polar surface area (TPSA) is 81.9 Å². The first-order valence-corrected chi connectivity index (χ1v) is 8.08. The van der Waals surface area contributed by atoms with Crippen LogP contribution in [0.5, 0.6) is 5.75 Å². The van der Waals surface area contributed by atoms with Gasteiger partial charge in [-0.1, -0.05) is 18.2 Å². The number of nitrogens with zero attached hydrogens (tertiary/aromatic N) is 2. The number of esters is 1. The van der Waals surface area contributed by atoms with Crippen LogP contribution < -0.4 is 10.1 Å². The fourth-order valence-corrected chi connectivity index (χ4v) is 2.49. The molecule has 0 bridgehead atoms. The summed E-state index contributed by atoms with van der Waals surface area (Å²) in [6.07, 6.45) is 1.60. The Labute approximate surface area is 150 Å². The highest BCUT2D eigenvalue weighted by Gasteiger charge is 2.14. The molecule has 0 aliphatic rings. The maximum atomic E-state index is 12.1. The van der Waals surface area contributed by atoms with Crippen LogP contribution in [0.2, 0.25) is 0 Å². The normalized spacial score (nSPS) is 10.5. The van der Waals surface area contributed by atoms with Crippen molar-refractivity contribution < 1.29 is 19.1 Å². The van der Waals surface area contributed by atoms with Crippen LogP contribution in [0.4, 0.5) is 0 Å². The number of imidazole rings is 1. The summed E-state index contributed by atoms with van der Waals surface area (Å²) < 4.78 is 12.0. The van der Waals surface area contributed by atoms with Crippen LogP contribution in [-0.2, 0) is 16.1 Å². The molecule has 0 fully saturated rings. The highest BCUT2D eigenvalue weighted by atomic mass is 16.5. The number of aromatic nitrogens is 2. The van der Waals surface area contributed by atoms with Crippen molar-refractivity contribution in [1.82, 2.24) is 14.7 Å². The van der Waals surface area contributed by atoms with E-state index in [1.807, 2.05) is 43.3 Å². The third kappa shape index (κ3) is 4.00. The second-order valence-corrected chi connectivity index (χ2v) is 5.73. The number of rotatable bonds is 6. The minimum absolute atomic E-state index is 0.167. The van der Waals surface area contributed by atoms with Gasteiger partial charge in [0.05, 0.1) is 7.11 Å². The fraction of sp³-hybridized carbons (Fsp3) is 0.211. The zero-order valence-electron chi connectivity index (χ0n) is 14.6. The summed E-state index contributed by atoms with van der Waals surface area (Å²) in [6.45, 7) is 1.87. The first-order valence-electron chi connectivity index (χ1n) is 8.08. The quantitative estimate of drug-likeness (QED) is 0.687. The molecular formula is C19H19N3O4. The number of hydrogen-bond donors (Lipinski definition) is 1. The third-order valence-corrected chi connectivity index (χ3v) is 3.86. The van der Waals surface area contributed by atoms with Crippen molar-refractivity contribution in [3.05, 3.63) is 65.6 Å². The van der Waals surface area contributed by atoms with Gasteiger partial charge in [0.25, 0.3) is 5.91 Å². The van der Waals surface area contributed by atoms with Crippen molar-refractivity contribution in [1.29, 1.82) is 0 Å². The van der Waals surface area contributed by atoms with Gasteiger partial charge in [-0.05, 0) is 36.8 Å². The van der Waals surface area contributed by atoms with Crippen molar-refractivity contribution in [2.45, 2.75) is 13.5 Å². The van der Waals surface area contributed by atoms with Crippen LogP contribution in [0.25, 0.3) is 5.65 Å². The van der Waals surface area contributed by atoms with Gasteiger partial charge >= 0.3 is 5.97 Å². The van der Waals surface area contributed by atoms with Gasteiger partial charge in [-0.15, -0.1) is 0 Å². The van der Waals surface area contributed by atoms with Crippen molar-refractivity contribution in [3.63, 3.8) is 0 Å². The fourth-order valence-electron chi connectivity index (χ4n) is 2.49. The molecule has 0 radical (unpaired) electrons. The molecular weight excluding hydrogens is 334 g/mol. The van der Waals surface area contributed by atoms with Crippen molar-refractivity contribution in [2.75, 3.05) is 13.7 Å². The molecule has 0 saturated heterocycles. The highest BCUT2D eigenvalue weighted by molar-refractivity contribution is 5.90. The number of carbonyl (C=O) groups excluding carboxylic acids is 2. The Hall–Kier alpha value is -3.35. The Morgan fingerprint density at radius 1 is 1.19 bits per heavy atom. The molecule has 7 heteroatoms. The van der Waals surface area contributed by atoms with Gasteiger partial charge in [0.2, 0.25) is 0 Å². The molecule has 2 heterocycles. The Bertz CT molecular complexity index is 949. The van der Waals surface area contributed by atoms with Gasteiger partial charge in [0.1, 0.15) is 11.4 Å². The molecule has 0 spiro atoms. The van der Waals surface area contributed by atoms with Crippen molar-refractivity contribution in [3.8, 4) is 5.75 Å². The molecule has 1 amide bonds.